The predicted octanol–water partition coefficient (Wildman–Crippen LogP) is 6.62. The summed E-state index contributed by atoms with van der Waals surface area (Å²) in [5.41, 5.74) is 6.75. The summed E-state index contributed by atoms with van der Waals surface area (Å²) in [4.78, 5) is 5.07. The van der Waals surface area contributed by atoms with Crippen molar-refractivity contribution in [2.75, 3.05) is 20.8 Å². The minimum atomic E-state index is -0.0215. The number of nitrogens with zero attached hydrogens (tertiary/aromatic N) is 2. The average molecular weight is 553 g/mol. The summed E-state index contributed by atoms with van der Waals surface area (Å²) in [6.07, 6.45) is 0. The third kappa shape index (κ3) is 5.14. The molecule has 4 rings (SSSR count). The minimum absolute atomic E-state index is 0.0215. The standard InChI is InChI=1S/C29H33BrN2O4/c1-18(2)20-9-11-21(12-10-20)29-31-27-26(30)23(15-25(35-5)28(27)32(29)13-14-34-4)17-36-24-8-6-7-22(16-33)19(24)3/h6-12,15,18,33H,13-14,16-17H2,1-5H3. The molecule has 0 amide bonds. The van der Waals surface area contributed by atoms with Gasteiger partial charge < -0.3 is 23.9 Å². The molecule has 0 aliphatic rings. The van der Waals surface area contributed by atoms with E-state index in [0.717, 1.165) is 55.1 Å². The first-order valence-electron chi connectivity index (χ1n) is 12.1. The van der Waals surface area contributed by atoms with Crippen molar-refractivity contribution in [3.8, 4) is 22.9 Å². The van der Waals surface area contributed by atoms with E-state index in [1.54, 1.807) is 14.2 Å². The van der Waals surface area contributed by atoms with E-state index < -0.39 is 0 Å². The van der Waals surface area contributed by atoms with Gasteiger partial charge in [-0.3, -0.25) is 0 Å². The predicted molar refractivity (Wildman–Crippen MR) is 147 cm³/mol. The van der Waals surface area contributed by atoms with Crippen molar-refractivity contribution in [1.82, 2.24) is 9.55 Å². The second kappa shape index (κ2) is 11.5. The molecular formula is C29H33BrN2O4. The van der Waals surface area contributed by atoms with Gasteiger partial charge in [0.2, 0.25) is 0 Å². The number of hydrogen-bond acceptors (Lipinski definition) is 5. The van der Waals surface area contributed by atoms with Crippen LogP contribution in [-0.4, -0.2) is 35.5 Å². The number of benzene rings is 3. The highest BCUT2D eigenvalue weighted by molar-refractivity contribution is 9.10. The van der Waals surface area contributed by atoms with E-state index in [1.165, 1.54) is 5.56 Å². The van der Waals surface area contributed by atoms with Crippen LogP contribution in [0.2, 0.25) is 0 Å². The van der Waals surface area contributed by atoms with Gasteiger partial charge in [-0.15, -0.1) is 0 Å². The summed E-state index contributed by atoms with van der Waals surface area (Å²) < 4.78 is 20.4. The maximum absolute atomic E-state index is 9.59. The maximum atomic E-state index is 9.59. The van der Waals surface area contributed by atoms with Crippen LogP contribution in [0.4, 0.5) is 0 Å². The number of rotatable bonds is 10. The van der Waals surface area contributed by atoms with Crippen LogP contribution in [-0.2, 0) is 24.5 Å². The zero-order valence-corrected chi connectivity index (χ0v) is 23.1. The molecule has 3 aromatic carbocycles. The number of imidazole rings is 1. The average Bonchev–Trinajstić information content (AvgIpc) is 3.28. The van der Waals surface area contributed by atoms with Crippen molar-refractivity contribution < 1.29 is 19.3 Å². The van der Waals surface area contributed by atoms with Gasteiger partial charge in [0.05, 0.1) is 24.8 Å². The van der Waals surface area contributed by atoms with E-state index in [1.807, 2.05) is 31.2 Å². The van der Waals surface area contributed by atoms with Crippen LogP contribution >= 0.6 is 15.9 Å². The van der Waals surface area contributed by atoms with Gasteiger partial charge in [0.25, 0.3) is 0 Å². The van der Waals surface area contributed by atoms with Gasteiger partial charge in [-0.25, -0.2) is 4.98 Å². The van der Waals surface area contributed by atoms with Gasteiger partial charge in [-0.1, -0.05) is 50.2 Å². The second-order valence-electron chi connectivity index (χ2n) is 9.09. The Bertz CT molecular complexity index is 1350. The Kier molecular flexibility index (Phi) is 8.34. The lowest BCUT2D eigenvalue weighted by atomic mass is 10.0. The monoisotopic (exact) mass is 552 g/mol. The number of aliphatic hydroxyl groups excluding tert-OH is 1. The normalized spacial score (nSPS) is 11.4. The minimum Gasteiger partial charge on any atom is -0.494 e. The number of hydrogen-bond donors (Lipinski definition) is 1. The Morgan fingerprint density at radius 2 is 1.78 bits per heavy atom. The van der Waals surface area contributed by atoms with E-state index in [2.05, 4.69) is 58.6 Å². The SMILES string of the molecule is COCCn1c(-c2ccc(C(C)C)cc2)nc2c(Br)c(COc3cccc(CO)c3C)cc(OC)c21. The van der Waals surface area contributed by atoms with Crippen molar-refractivity contribution in [2.45, 2.75) is 46.4 Å². The lowest BCUT2D eigenvalue weighted by Gasteiger charge is -2.15. The van der Waals surface area contributed by atoms with Gasteiger partial charge >= 0.3 is 0 Å². The molecule has 0 atom stereocenters. The van der Waals surface area contributed by atoms with Gasteiger partial charge in [0.15, 0.2) is 0 Å². The first-order valence-corrected chi connectivity index (χ1v) is 12.9. The Morgan fingerprint density at radius 3 is 2.42 bits per heavy atom. The lowest BCUT2D eigenvalue weighted by molar-refractivity contribution is 0.188. The van der Waals surface area contributed by atoms with Crippen LogP contribution in [0.5, 0.6) is 11.5 Å². The Balaban J connectivity index is 1.79. The molecule has 7 heteroatoms. The number of ether oxygens (including phenoxy) is 3. The molecule has 0 spiro atoms. The second-order valence-corrected chi connectivity index (χ2v) is 9.89. The van der Waals surface area contributed by atoms with Gasteiger partial charge in [0, 0.05) is 24.8 Å². The fourth-order valence-electron chi connectivity index (χ4n) is 4.34. The smallest absolute Gasteiger partial charge is 0.145 e. The highest BCUT2D eigenvalue weighted by Gasteiger charge is 2.21. The third-order valence-corrected chi connectivity index (χ3v) is 7.41. The Morgan fingerprint density at radius 1 is 1.03 bits per heavy atom. The summed E-state index contributed by atoms with van der Waals surface area (Å²) >= 11 is 3.80. The van der Waals surface area contributed by atoms with Crippen LogP contribution < -0.4 is 9.47 Å². The van der Waals surface area contributed by atoms with Crippen molar-refractivity contribution >= 4 is 27.0 Å². The summed E-state index contributed by atoms with van der Waals surface area (Å²) in [6.45, 7) is 7.83. The zero-order valence-electron chi connectivity index (χ0n) is 21.5. The molecule has 1 N–H and O–H groups in total. The molecule has 36 heavy (non-hydrogen) atoms. The van der Waals surface area contributed by atoms with Crippen LogP contribution in [0.15, 0.2) is 53.0 Å². The van der Waals surface area contributed by atoms with Gasteiger partial charge in [-0.05, 0) is 57.6 Å². The molecule has 0 saturated heterocycles. The van der Waals surface area contributed by atoms with E-state index in [-0.39, 0.29) is 6.61 Å². The number of aliphatic hydroxyl groups is 1. The van der Waals surface area contributed by atoms with E-state index in [4.69, 9.17) is 19.2 Å². The number of aromatic nitrogens is 2. The van der Waals surface area contributed by atoms with Crippen LogP contribution in [0, 0.1) is 6.92 Å². The molecule has 190 valence electrons. The topological polar surface area (TPSA) is 65.7 Å². The summed E-state index contributed by atoms with van der Waals surface area (Å²) in [6, 6.07) is 16.3. The lowest BCUT2D eigenvalue weighted by Crippen LogP contribution is -2.07. The number of halogens is 1. The molecule has 1 aromatic heterocycles. The quantitative estimate of drug-likeness (QED) is 0.239. The molecule has 1 heterocycles. The molecule has 0 saturated carbocycles. The molecule has 0 aliphatic heterocycles. The molecule has 4 aromatic rings. The molecule has 0 unspecified atom stereocenters. The zero-order chi connectivity index (χ0) is 25.8. The maximum Gasteiger partial charge on any atom is 0.145 e. The van der Waals surface area contributed by atoms with Gasteiger partial charge in [-0.2, -0.15) is 0 Å². The first kappa shape index (κ1) is 26.2. The molecule has 0 fully saturated rings. The third-order valence-electron chi connectivity index (χ3n) is 6.52. The molecule has 0 radical (unpaired) electrons. The Hall–Kier alpha value is -2.87. The molecular weight excluding hydrogens is 520 g/mol. The van der Waals surface area contributed by atoms with Gasteiger partial charge in [0.1, 0.15) is 35.0 Å². The summed E-state index contributed by atoms with van der Waals surface area (Å²) in [5.74, 6) is 2.79. The fraction of sp³-hybridized carbons (Fsp3) is 0.345. The number of fused-ring (bicyclic) bond motifs is 1. The number of methoxy groups -OCH3 is 2. The van der Waals surface area contributed by atoms with Crippen LogP contribution in [0.25, 0.3) is 22.4 Å². The highest BCUT2D eigenvalue weighted by atomic mass is 79.9. The van der Waals surface area contributed by atoms with Crippen LogP contribution in [0.3, 0.4) is 0 Å². The van der Waals surface area contributed by atoms with Crippen molar-refractivity contribution in [3.63, 3.8) is 0 Å². The molecule has 0 bridgehead atoms. The van der Waals surface area contributed by atoms with E-state index >= 15 is 0 Å². The Labute approximate surface area is 221 Å². The molecule has 6 nitrogen and oxygen atoms in total. The van der Waals surface area contributed by atoms with Crippen molar-refractivity contribution in [1.29, 1.82) is 0 Å². The fourth-order valence-corrected chi connectivity index (χ4v) is 4.84. The van der Waals surface area contributed by atoms with E-state index in [9.17, 15) is 5.11 Å². The summed E-state index contributed by atoms with van der Waals surface area (Å²) in [7, 11) is 3.37. The largest absolute Gasteiger partial charge is 0.494 e. The van der Waals surface area contributed by atoms with Crippen molar-refractivity contribution in [2.24, 2.45) is 0 Å². The highest BCUT2D eigenvalue weighted by Crippen LogP contribution is 2.38. The first-order chi connectivity index (χ1) is 17.4. The summed E-state index contributed by atoms with van der Waals surface area (Å²) in [5, 5.41) is 9.59. The molecule has 0 aliphatic carbocycles. The van der Waals surface area contributed by atoms with Crippen LogP contribution in [0.1, 0.15) is 42.0 Å². The van der Waals surface area contributed by atoms with Crippen molar-refractivity contribution in [3.05, 3.63) is 75.3 Å². The van der Waals surface area contributed by atoms with E-state index in [0.29, 0.717) is 25.7 Å².